The minimum absolute atomic E-state index is 0.481. The molecule has 106 valence electrons. The van der Waals surface area contributed by atoms with Crippen LogP contribution in [0.25, 0.3) is 0 Å². The van der Waals surface area contributed by atoms with E-state index in [1.54, 1.807) is 0 Å². The molecule has 1 aromatic heterocycles. The maximum Gasteiger partial charge on any atom is 0.219 e. The van der Waals surface area contributed by atoms with Crippen LogP contribution in [-0.4, -0.2) is 12.0 Å². The van der Waals surface area contributed by atoms with Crippen molar-refractivity contribution in [3.05, 3.63) is 53.7 Å². The molecular weight excluding hydrogens is 248 g/mol. The van der Waals surface area contributed by atoms with E-state index in [-0.39, 0.29) is 0 Å². The van der Waals surface area contributed by atoms with Gasteiger partial charge in [0.2, 0.25) is 5.88 Å². The van der Waals surface area contributed by atoms with Crippen LogP contribution in [0.5, 0.6) is 11.6 Å². The van der Waals surface area contributed by atoms with Crippen LogP contribution >= 0.6 is 0 Å². The van der Waals surface area contributed by atoms with Gasteiger partial charge in [0.15, 0.2) is 0 Å². The summed E-state index contributed by atoms with van der Waals surface area (Å²) in [5, 5.41) is 3.10. The number of aromatic nitrogens is 1. The molecule has 0 spiro atoms. The predicted molar refractivity (Wildman–Crippen MR) is 82.2 cm³/mol. The second-order valence-electron chi connectivity index (χ2n) is 4.98. The molecule has 0 aliphatic rings. The van der Waals surface area contributed by atoms with Gasteiger partial charge >= 0.3 is 0 Å². The Hall–Kier alpha value is -1.87. The van der Waals surface area contributed by atoms with Crippen molar-refractivity contribution in [2.24, 2.45) is 0 Å². The quantitative estimate of drug-likeness (QED) is 0.857. The summed E-state index contributed by atoms with van der Waals surface area (Å²) in [7, 11) is 1.92. The third kappa shape index (κ3) is 3.58. The summed E-state index contributed by atoms with van der Waals surface area (Å²) in [5.74, 6) is 2.02. The molecular formula is C17H22N2O. The van der Waals surface area contributed by atoms with E-state index in [4.69, 9.17) is 4.74 Å². The summed E-state index contributed by atoms with van der Waals surface area (Å²) in [5.41, 5.74) is 2.38. The van der Waals surface area contributed by atoms with Gasteiger partial charge in [-0.3, -0.25) is 0 Å². The molecule has 1 N–H and O–H groups in total. The third-order valence-corrected chi connectivity index (χ3v) is 3.46. The van der Waals surface area contributed by atoms with Crippen molar-refractivity contribution in [3.8, 4) is 11.6 Å². The molecule has 0 saturated carbocycles. The van der Waals surface area contributed by atoms with E-state index in [1.807, 2.05) is 37.5 Å². The Balaban J connectivity index is 2.17. The molecule has 0 fully saturated rings. The standard InChI is InChI=1S/C17H22N2O/c1-4-13(2)15-7-5-6-8-16(15)20-17-10-9-14(11-18-3)12-19-17/h5-10,12-13,18H,4,11H2,1-3H3. The molecule has 1 aromatic carbocycles. The molecule has 0 radical (unpaired) electrons. The molecule has 0 amide bonds. The van der Waals surface area contributed by atoms with Crippen molar-refractivity contribution >= 4 is 0 Å². The Bertz CT molecular complexity index is 537. The lowest BCUT2D eigenvalue weighted by atomic mass is 9.98. The topological polar surface area (TPSA) is 34.1 Å². The van der Waals surface area contributed by atoms with E-state index in [0.717, 1.165) is 24.3 Å². The normalized spacial score (nSPS) is 12.2. The van der Waals surface area contributed by atoms with Crippen LogP contribution in [0.15, 0.2) is 42.6 Å². The Morgan fingerprint density at radius 3 is 2.65 bits per heavy atom. The molecule has 1 heterocycles. The lowest BCUT2D eigenvalue weighted by Crippen LogP contribution is -2.05. The summed E-state index contributed by atoms with van der Waals surface area (Å²) in [6, 6.07) is 12.1. The van der Waals surface area contributed by atoms with E-state index in [1.165, 1.54) is 5.56 Å². The smallest absolute Gasteiger partial charge is 0.219 e. The fourth-order valence-corrected chi connectivity index (χ4v) is 2.09. The van der Waals surface area contributed by atoms with Gasteiger partial charge in [-0.25, -0.2) is 4.98 Å². The first-order chi connectivity index (χ1) is 9.74. The number of nitrogens with one attached hydrogen (secondary N) is 1. The van der Waals surface area contributed by atoms with E-state index in [0.29, 0.717) is 11.8 Å². The van der Waals surface area contributed by atoms with Gasteiger partial charge in [-0.15, -0.1) is 0 Å². The highest BCUT2D eigenvalue weighted by Gasteiger charge is 2.10. The number of nitrogens with zero attached hydrogens (tertiary/aromatic N) is 1. The Morgan fingerprint density at radius 1 is 1.20 bits per heavy atom. The average Bonchev–Trinajstić information content (AvgIpc) is 2.49. The molecule has 0 saturated heterocycles. The van der Waals surface area contributed by atoms with Gasteiger partial charge in [0, 0.05) is 18.8 Å². The molecule has 1 atom stereocenters. The minimum atomic E-state index is 0.481. The summed E-state index contributed by atoms with van der Waals surface area (Å²) in [4.78, 5) is 4.36. The van der Waals surface area contributed by atoms with Crippen LogP contribution in [0.1, 0.15) is 37.3 Å². The van der Waals surface area contributed by atoms with Crippen LogP contribution in [0.3, 0.4) is 0 Å². The molecule has 0 aliphatic heterocycles. The van der Waals surface area contributed by atoms with Crippen LogP contribution in [0.4, 0.5) is 0 Å². The lowest BCUT2D eigenvalue weighted by molar-refractivity contribution is 0.451. The first kappa shape index (κ1) is 14.5. The third-order valence-electron chi connectivity index (χ3n) is 3.46. The van der Waals surface area contributed by atoms with Crippen molar-refractivity contribution in [2.75, 3.05) is 7.05 Å². The summed E-state index contributed by atoms with van der Waals surface area (Å²) >= 11 is 0. The van der Waals surface area contributed by atoms with Gasteiger partial charge < -0.3 is 10.1 Å². The van der Waals surface area contributed by atoms with Crippen molar-refractivity contribution in [2.45, 2.75) is 32.7 Å². The summed E-state index contributed by atoms with van der Waals surface area (Å²) in [6.45, 7) is 5.22. The van der Waals surface area contributed by atoms with Gasteiger partial charge in [0.05, 0.1) is 0 Å². The zero-order chi connectivity index (χ0) is 14.4. The van der Waals surface area contributed by atoms with Gasteiger partial charge in [-0.05, 0) is 36.6 Å². The molecule has 2 rings (SSSR count). The fraction of sp³-hybridized carbons (Fsp3) is 0.353. The summed E-state index contributed by atoms with van der Waals surface area (Å²) in [6.07, 6.45) is 2.94. The van der Waals surface area contributed by atoms with Gasteiger partial charge in [-0.2, -0.15) is 0 Å². The van der Waals surface area contributed by atoms with E-state index in [9.17, 15) is 0 Å². The van der Waals surface area contributed by atoms with Crippen LogP contribution in [-0.2, 0) is 6.54 Å². The van der Waals surface area contributed by atoms with Crippen LogP contribution in [0.2, 0.25) is 0 Å². The molecule has 3 nitrogen and oxygen atoms in total. The molecule has 3 heteroatoms. The lowest BCUT2D eigenvalue weighted by Gasteiger charge is -2.15. The monoisotopic (exact) mass is 270 g/mol. The van der Waals surface area contributed by atoms with Crippen molar-refractivity contribution in [1.82, 2.24) is 10.3 Å². The van der Waals surface area contributed by atoms with Crippen molar-refractivity contribution < 1.29 is 4.74 Å². The molecule has 0 bridgehead atoms. The van der Waals surface area contributed by atoms with Crippen LogP contribution < -0.4 is 10.1 Å². The number of hydrogen-bond donors (Lipinski definition) is 1. The van der Waals surface area contributed by atoms with E-state index in [2.05, 4.69) is 36.3 Å². The molecule has 2 aromatic rings. The highest BCUT2D eigenvalue weighted by atomic mass is 16.5. The van der Waals surface area contributed by atoms with E-state index < -0.39 is 0 Å². The molecule has 0 aliphatic carbocycles. The number of hydrogen-bond acceptors (Lipinski definition) is 3. The first-order valence-electron chi connectivity index (χ1n) is 7.11. The SMILES string of the molecule is CCC(C)c1ccccc1Oc1ccc(CNC)cn1. The average molecular weight is 270 g/mol. The largest absolute Gasteiger partial charge is 0.439 e. The zero-order valence-electron chi connectivity index (χ0n) is 12.4. The number of pyridine rings is 1. The number of ether oxygens (including phenoxy) is 1. The molecule has 20 heavy (non-hydrogen) atoms. The van der Waals surface area contributed by atoms with E-state index >= 15 is 0 Å². The van der Waals surface area contributed by atoms with Crippen LogP contribution in [0, 0.1) is 0 Å². The minimum Gasteiger partial charge on any atom is -0.439 e. The number of para-hydroxylation sites is 1. The highest BCUT2D eigenvalue weighted by molar-refractivity contribution is 5.38. The maximum absolute atomic E-state index is 5.93. The van der Waals surface area contributed by atoms with Gasteiger partial charge in [-0.1, -0.05) is 38.1 Å². The maximum atomic E-state index is 5.93. The second kappa shape index (κ2) is 7.06. The number of benzene rings is 1. The predicted octanol–water partition coefficient (Wildman–Crippen LogP) is 4.11. The zero-order valence-corrected chi connectivity index (χ0v) is 12.4. The first-order valence-corrected chi connectivity index (χ1v) is 7.11. The fourth-order valence-electron chi connectivity index (χ4n) is 2.09. The Morgan fingerprint density at radius 2 is 2.00 bits per heavy atom. The van der Waals surface area contributed by atoms with Crippen molar-refractivity contribution in [3.63, 3.8) is 0 Å². The van der Waals surface area contributed by atoms with Crippen molar-refractivity contribution in [1.29, 1.82) is 0 Å². The Kier molecular flexibility index (Phi) is 5.13. The number of rotatable bonds is 6. The summed E-state index contributed by atoms with van der Waals surface area (Å²) < 4.78 is 5.93. The second-order valence-corrected chi connectivity index (χ2v) is 4.98. The highest BCUT2D eigenvalue weighted by Crippen LogP contribution is 2.31. The Labute approximate surface area is 121 Å². The van der Waals surface area contributed by atoms with Gasteiger partial charge in [0.25, 0.3) is 0 Å². The molecule has 1 unspecified atom stereocenters. The van der Waals surface area contributed by atoms with Gasteiger partial charge in [0.1, 0.15) is 5.75 Å².